The van der Waals surface area contributed by atoms with Crippen molar-refractivity contribution in [2.24, 2.45) is 0 Å². The van der Waals surface area contributed by atoms with E-state index in [4.69, 9.17) is 4.74 Å². The van der Waals surface area contributed by atoms with E-state index in [0.29, 0.717) is 13.2 Å². The Labute approximate surface area is 121 Å². The van der Waals surface area contributed by atoms with E-state index in [-0.39, 0.29) is 11.9 Å². The van der Waals surface area contributed by atoms with E-state index in [2.05, 4.69) is 5.32 Å². The van der Waals surface area contributed by atoms with Crippen molar-refractivity contribution in [3.63, 3.8) is 0 Å². The van der Waals surface area contributed by atoms with Gasteiger partial charge in [-0.15, -0.1) is 0 Å². The van der Waals surface area contributed by atoms with Gasteiger partial charge in [0.2, 0.25) is 5.91 Å². The molecule has 1 N–H and O–H groups in total. The molecule has 1 atom stereocenters. The fourth-order valence-electron chi connectivity index (χ4n) is 2.45. The molecule has 1 aromatic rings. The van der Waals surface area contributed by atoms with Crippen molar-refractivity contribution in [1.29, 1.82) is 0 Å². The van der Waals surface area contributed by atoms with Crippen LogP contribution in [0.15, 0.2) is 24.3 Å². The zero-order chi connectivity index (χ0) is 14.4. The second-order valence-corrected chi connectivity index (χ2v) is 5.38. The van der Waals surface area contributed by atoms with Gasteiger partial charge < -0.3 is 15.0 Å². The highest BCUT2D eigenvalue weighted by Gasteiger charge is 2.23. The normalized spacial score (nSPS) is 18.6. The van der Waals surface area contributed by atoms with Crippen LogP contribution >= 0.6 is 0 Å². The quantitative estimate of drug-likeness (QED) is 0.894. The van der Waals surface area contributed by atoms with Gasteiger partial charge in [-0.05, 0) is 37.9 Å². The van der Waals surface area contributed by atoms with Gasteiger partial charge in [0.25, 0.3) is 0 Å². The minimum atomic E-state index is -0.00721. The number of nitrogens with zero attached hydrogens (tertiary/aromatic N) is 1. The number of hydrogen-bond acceptors (Lipinski definition) is 3. The Morgan fingerprint density at radius 1 is 1.40 bits per heavy atom. The topological polar surface area (TPSA) is 41.6 Å². The van der Waals surface area contributed by atoms with Crippen molar-refractivity contribution in [3.8, 4) is 5.75 Å². The maximum Gasteiger partial charge on any atom is 0.239 e. The second kappa shape index (κ2) is 7.29. The molecular weight excluding hydrogens is 252 g/mol. The van der Waals surface area contributed by atoms with E-state index < -0.39 is 0 Å². The predicted molar refractivity (Wildman–Crippen MR) is 80.0 cm³/mol. The monoisotopic (exact) mass is 276 g/mol. The molecule has 1 amide bonds. The first-order chi connectivity index (χ1) is 9.68. The van der Waals surface area contributed by atoms with Crippen LogP contribution in [0.4, 0.5) is 0 Å². The minimum Gasteiger partial charge on any atom is -0.491 e. The first-order valence-electron chi connectivity index (χ1n) is 7.35. The molecule has 1 aromatic carbocycles. The molecule has 1 saturated heterocycles. The lowest BCUT2D eigenvalue weighted by atomic mass is 10.0. The second-order valence-electron chi connectivity index (χ2n) is 5.38. The molecule has 0 aliphatic carbocycles. The summed E-state index contributed by atoms with van der Waals surface area (Å²) in [6.45, 7) is 4.12. The molecule has 1 aliphatic heterocycles. The van der Waals surface area contributed by atoms with E-state index >= 15 is 0 Å². The molecule has 0 radical (unpaired) electrons. The van der Waals surface area contributed by atoms with Crippen LogP contribution in [0.5, 0.6) is 5.75 Å². The molecule has 0 saturated carbocycles. The summed E-state index contributed by atoms with van der Waals surface area (Å²) in [6, 6.07) is 7.93. The van der Waals surface area contributed by atoms with Crippen molar-refractivity contribution in [2.75, 3.05) is 26.7 Å². The van der Waals surface area contributed by atoms with Crippen LogP contribution in [-0.2, 0) is 4.79 Å². The number of carbonyl (C=O) groups is 1. The SMILES string of the molecule is Cc1ccccc1OCCN(C)C(=O)C1CCCCN1. The van der Waals surface area contributed by atoms with Crippen LogP contribution < -0.4 is 10.1 Å². The zero-order valence-electron chi connectivity index (χ0n) is 12.4. The highest BCUT2D eigenvalue weighted by molar-refractivity contribution is 5.81. The van der Waals surface area contributed by atoms with E-state index in [1.807, 2.05) is 38.2 Å². The molecule has 4 heteroatoms. The van der Waals surface area contributed by atoms with Crippen molar-refractivity contribution >= 4 is 5.91 Å². The Kier molecular flexibility index (Phi) is 5.41. The van der Waals surface area contributed by atoms with Crippen molar-refractivity contribution in [1.82, 2.24) is 10.2 Å². The highest BCUT2D eigenvalue weighted by atomic mass is 16.5. The summed E-state index contributed by atoms with van der Waals surface area (Å²) in [6.07, 6.45) is 3.25. The zero-order valence-corrected chi connectivity index (χ0v) is 12.4. The fourth-order valence-corrected chi connectivity index (χ4v) is 2.45. The Bertz CT molecular complexity index is 442. The number of likely N-dealkylation sites (N-methyl/N-ethyl adjacent to an activating group) is 1. The number of carbonyl (C=O) groups excluding carboxylic acids is 1. The summed E-state index contributed by atoms with van der Waals surface area (Å²) in [5, 5.41) is 3.28. The molecule has 1 unspecified atom stereocenters. The van der Waals surface area contributed by atoms with Gasteiger partial charge in [-0.25, -0.2) is 0 Å². The van der Waals surface area contributed by atoms with Gasteiger partial charge in [0.15, 0.2) is 0 Å². The van der Waals surface area contributed by atoms with Gasteiger partial charge in [-0.3, -0.25) is 4.79 Å². The Hall–Kier alpha value is -1.55. The first-order valence-corrected chi connectivity index (χ1v) is 7.35. The van der Waals surface area contributed by atoms with Crippen LogP contribution in [0.3, 0.4) is 0 Å². The summed E-state index contributed by atoms with van der Waals surface area (Å²) < 4.78 is 5.73. The predicted octanol–water partition coefficient (Wildman–Crippen LogP) is 1.97. The Morgan fingerprint density at radius 2 is 2.20 bits per heavy atom. The number of para-hydroxylation sites is 1. The smallest absolute Gasteiger partial charge is 0.239 e. The lowest BCUT2D eigenvalue weighted by Gasteiger charge is -2.27. The van der Waals surface area contributed by atoms with Crippen LogP contribution in [0.2, 0.25) is 0 Å². The molecule has 110 valence electrons. The summed E-state index contributed by atoms with van der Waals surface area (Å²) in [5.41, 5.74) is 1.12. The minimum absolute atomic E-state index is 0.00721. The van der Waals surface area contributed by atoms with Gasteiger partial charge in [0.1, 0.15) is 12.4 Å². The third-order valence-electron chi connectivity index (χ3n) is 3.76. The number of aryl methyl sites for hydroxylation is 1. The lowest BCUT2D eigenvalue weighted by molar-refractivity contribution is -0.133. The molecule has 1 fully saturated rings. The number of rotatable bonds is 5. The van der Waals surface area contributed by atoms with E-state index in [0.717, 1.165) is 30.7 Å². The average molecular weight is 276 g/mol. The van der Waals surface area contributed by atoms with Crippen LogP contribution in [0.25, 0.3) is 0 Å². The molecule has 4 nitrogen and oxygen atoms in total. The number of benzene rings is 1. The molecule has 1 aliphatic rings. The number of hydrogen-bond donors (Lipinski definition) is 1. The van der Waals surface area contributed by atoms with Crippen LogP contribution in [-0.4, -0.2) is 43.6 Å². The van der Waals surface area contributed by atoms with Crippen molar-refractivity contribution in [2.45, 2.75) is 32.2 Å². The number of nitrogens with one attached hydrogen (secondary N) is 1. The van der Waals surface area contributed by atoms with Gasteiger partial charge in [0, 0.05) is 7.05 Å². The van der Waals surface area contributed by atoms with Gasteiger partial charge in [0.05, 0.1) is 12.6 Å². The summed E-state index contributed by atoms with van der Waals surface area (Å²) >= 11 is 0. The number of ether oxygens (including phenoxy) is 1. The standard InChI is InChI=1S/C16H24N2O2/c1-13-7-3-4-9-15(13)20-12-11-18(2)16(19)14-8-5-6-10-17-14/h3-4,7,9,14,17H,5-6,8,10-12H2,1-2H3. The molecule has 0 spiro atoms. The Balaban J connectivity index is 1.75. The van der Waals surface area contributed by atoms with Crippen LogP contribution in [0, 0.1) is 6.92 Å². The third-order valence-corrected chi connectivity index (χ3v) is 3.76. The van der Waals surface area contributed by atoms with Crippen LogP contribution in [0.1, 0.15) is 24.8 Å². The van der Waals surface area contributed by atoms with E-state index in [1.54, 1.807) is 4.90 Å². The average Bonchev–Trinajstić information content (AvgIpc) is 2.49. The first kappa shape index (κ1) is 14.9. The fraction of sp³-hybridized carbons (Fsp3) is 0.562. The van der Waals surface area contributed by atoms with Gasteiger partial charge >= 0.3 is 0 Å². The molecule has 2 rings (SSSR count). The van der Waals surface area contributed by atoms with E-state index in [9.17, 15) is 4.79 Å². The number of amides is 1. The number of piperidine rings is 1. The summed E-state index contributed by atoms with van der Waals surface area (Å²) in [7, 11) is 1.85. The maximum absolute atomic E-state index is 12.2. The van der Waals surface area contributed by atoms with E-state index in [1.165, 1.54) is 6.42 Å². The highest BCUT2D eigenvalue weighted by Crippen LogP contribution is 2.16. The molecule has 0 bridgehead atoms. The molecule has 1 heterocycles. The Morgan fingerprint density at radius 3 is 2.90 bits per heavy atom. The van der Waals surface area contributed by atoms with Gasteiger partial charge in [-0.1, -0.05) is 24.6 Å². The van der Waals surface area contributed by atoms with Crippen molar-refractivity contribution < 1.29 is 9.53 Å². The summed E-state index contributed by atoms with van der Waals surface area (Å²) in [4.78, 5) is 14.0. The largest absolute Gasteiger partial charge is 0.491 e. The van der Waals surface area contributed by atoms with Gasteiger partial charge in [-0.2, -0.15) is 0 Å². The molecule has 0 aromatic heterocycles. The lowest BCUT2D eigenvalue weighted by Crippen LogP contribution is -2.48. The third kappa shape index (κ3) is 3.97. The summed E-state index contributed by atoms with van der Waals surface area (Å²) in [5.74, 6) is 1.07. The molecule has 20 heavy (non-hydrogen) atoms. The molecular formula is C16H24N2O2. The maximum atomic E-state index is 12.2. The van der Waals surface area contributed by atoms with Crippen molar-refractivity contribution in [3.05, 3.63) is 29.8 Å².